The van der Waals surface area contributed by atoms with E-state index in [4.69, 9.17) is 5.73 Å². The molecule has 4 heteroatoms. The van der Waals surface area contributed by atoms with Crippen molar-refractivity contribution in [3.05, 3.63) is 0 Å². The Kier molecular flexibility index (Phi) is 4.51. The molecule has 2 heterocycles. The molecule has 19 heavy (non-hydrogen) atoms. The lowest BCUT2D eigenvalue weighted by atomic mass is 9.84. The first-order valence-electron chi connectivity index (χ1n) is 7.77. The zero-order valence-electron chi connectivity index (χ0n) is 12.7. The lowest BCUT2D eigenvalue weighted by Gasteiger charge is -2.49. The van der Waals surface area contributed by atoms with Crippen molar-refractivity contribution >= 4 is 5.91 Å². The quantitative estimate of drug-likeness (QED) is 0.842. The van der Waals surface area contributed by atoms with Crippen molar-refractivity contribution in [2.75, 3.05) is 26.2 Å². The second-order valence-corrected chi connectivity index (χ2v) is 6.57. The van der Waals surface area contributed by atoms with Crippen LogP contribution in [-0.2, 0) is 4.79 Å². The van der Waals surface area contributed by atoms with E-state index in [2.05, 4.69) is 23.6 Å². The predicted molar refractivity (Wildman–Crippen MR) is 77.8 cm³/mol. The average Bonchev–Trinajstić information content (AvgIpc) is 2.45. The van der Waals surface area contributed by atoms with Crippen LogP contribution in [0.4, 0.5) is 0 Å². The van der Waals surface area contributed by atoms with E-state index in [0.717, 1.165) is 19.5 Å². The lowest BCUT2D eigenvalue weighted by Crippen LogP contribution is -2.62. The molecule has 0 radical (unpaired) electrons. The Morgan fingerprint density at radius 2 is 2.11 bits per heavy atom. The molecule has 2 saturated heterocycles. The van der Waals surface area contributed by atoms with E-state index in [1.807, 2.05) is 6.92 Å². The SMILES string of the molecule is CCC(C)(CN)C(=O)N1CC2CCCCN2CC1C. The molecule has 0 aromatic rings. The van der Waals surface area contributed by atoms with E-state index in [-0.39, 0.29) is 11.3 Å². The van der Waals surface area contributed by atoms with Gasteiger partial charge in [-0.05, 0) is 39.7 Å². The molecular weight excluding hydrogens is 238 g/mol. The van der Waals surface area contributed by atoms with Crippen molar-refractivity contribution < 1.29 is 4.79 Å². The molecule has 3 unspecified atom stereocenters. The zero-order valence-corrected chi connectivity index (χ0v) is 12.7. The molecule has 110 valence electrons. The molecule has 0 bridgehead atoms. The Morgan fingerprint density at radius 3 is 2.74 bits per heavy atom. The Hall–Kier alpha value is -0.610. The predicted octanol–water partition coefficient (Wildman–Crippen LogP) is 1.45. The Morgan fingerprint density at radius 1 is 1.37 bits per heavy atom. The van der Waals surface area contributed by atoms with Crippen LogP contribution < -0.4 is 5.73 Å². The highest BCUT2D eigenvalue weighted by Crippen LogP contribution is 2.29. The lowest BCUT2D eigenvalue weighted by molar-refractivity contribution is -0.148. The third kappa shape index (κ3) is 2.79. The number of carbonyl (C=O) groups is 1. The Labute approximate surface area is 117 Å². The minimum absolute atomic E-state index is 0.259. The summed E-state index contributed by atoms with van der Waals surface area (Å²) in [5.41, 5.74) is 5.46. The van der Waals surface area contributed by atoms with E-state index in [0.29, 0.717) is 18.6 Å². The first-order valence-corrected chi connectivity index (χ1v) is 7.77. The van der Waals surface area contributed by atoms with Crippen LogP contribution in [0.5, 0.6) is 0 Å². The summed E-state index contributed by atoms with van der Waals surface area (Å²) in [5, 5.41) is 0. The second-order valence-electron chi connectivity index (χ2n) is 6.57. The Bertz CT molecular complexity index is 327. The molecule has 3 atom stereocenters. The topological polar surface area (TPSA) is 49.6 Å². The molecule has 0 aromatic carbocycles. The number of hydrogen-bond acceptors (Lipinski definition) is 3. The van der Waals surface area contributed by atoms with Gasteiger partial charge in [-0.2, -0.15) is 0 Å². The van der Waals surface area contributed by atoms with Gasteiger partial charge >= 0.3 is 0 Å². The second kappa shape index (κ2) is 5.80. The number of piperidine rings is 1. The van der Waals surface area contributed by atoms with Crippen LogP contribution >= 0.6 is 0 Å². The molecule has 0 aliphatic carbocycles. The average molecular weight is 267 g/mol. The molecule has 2 aliphatic heterocycles. The monoisotopic (exact) mass is 267 g/mol. The fraction of sp³-hybridized carbons (Fsp3) is 0.933. The molecule has 0 spiro atoms. The Balaban J connectivity index is 2.09. The van der Waals surface area contributed by atoms with Crippen molar-refractivity contribution in [2.45, 2.75) is 58.5 Å². The van der Waals surface area contributed by atoms with Gasteiger partial charge in [0.2, 0.25) is 5.91 Å². The van der Waals surface area contributed by atoms with Crippen LogP contribution in [0, 0.1) is 5.41 Å². The highest BCUT2D eigenvalue weighted by atomic mass is 16.2. The summed E-state index contributed by atoms with van der Waals surface area (Å²) in [7, 11) is 0. The molecule has 0 aromatic heterocycles. The standard InChI is InChI=1S/C15H29N3O/c1-4-15(3,11-16)14(19)18-10-13-7-5-6-8-17(13)9-12(18)2/h12-13H,4-11,16H2,1-3H3. The highest BCUT2D eigenvalue weighted by Gasteiger charge is 2.41. The van der Waals surface area contributed by atoms with Gasteiger partial charge in [-0.1, -0.05) is 13.3 Å². The van der Waals surface area contributed by atoms with Gasteiger partial charge in [-0.15, -0.1) is 0 Å². The normalized spacial score (nSPS) is 31.7. The largest absolute Gasteiger partial charge is 0.337 e. The number of piperazine rings is 1. The number of rotatable bonds is 3. The summed E-state index contributed by atoms with van der Waals surface area (Å²) in [5.74, 6) is 0.259. The summed E-state index contributed by atoms with van der Waals surface area (Å²) in [6.45, 7) is 9.83. The van der Waals surface area contributed by atoms with Crippen LogP contribution in [-0.4, -0.2) is 54.0 Å². The van der Waals surface area contributed by atoms with Crippen molar-refractivity contribution in [1.82, 2.24) is 9.80 Å². The number of fused-ring (bicyclic) bond motifs is 1. The van der Waals surface area contributed by atoms with Crippen LogP contribution in [0.1, 0.15) is 46.5 Å². The maximum absolute atomic E-state index is 12.8. The van der Waals surface area contributed by atoms with Gasteiger partial charge < -0.3 is 10.6 Å². The maximum atomic E-state index is 12.8. The minimum Gasteiger partial charge on any atom is -0.337 e. The van der Waals surface area contributed by atoms with Gasteiger partial charge in [0.05, 0.1) is 5.41 Å². The van der Waals surface area contributed by atoms with Gasteiger partial charge in [-0.25, -0.2) is 0 Å². The van der Waals surface area contributed by atoms with E-state index in [9.17, 15) is 4.79 Å². The van der Waals surface area contributed by atoms with Crippen LogP contribution in [0.25, 0.3) is 0 Å². The van der Waals surface area contributed by atoms with E-state index in [1.165, 1.54) is 25.8 Å². The summed E-state index contributed by atoms with van der Waals surface area (Å²) >= 11 is 0. The minimum atomic E-state index is -0.384. The van der Waals surface area contributed by atoms with E-state index < -0.39 is 0 Å². The van der Waals surface area contributed by atoms with Crippen LogP contribution in [0.2, 0.25) is 0 Å². The number of amides is 1. The molecule has 1 amide bonds. The summed E-state index contributed by atoms with van der Waals surface area (Å²) < 4.78 is 0. The first-order chi connectivity index (χ1) is 9.01. The van der Waals surface area contributed by atoms with Gasteiger partial charge in [0.1, 0.15) is 0 Å². The van der Waals surface area contributed by atoms with Gasteiger partial charge in [0.15, 0.2) is 0 Å². The summed E-state index contributed by atoms with van der Waals surface area (Å²) in [6, 6.07) is 0.895. The van der Waals surface area contributed by atoms with E-state index in [1.54, 1.807) is 0 Å². The van der Waals surface area contributed by atoms with Crippen LogP contribution in [0.15, 0.2) is 0 Å². The summed E-state index contributed by atoms with van der Waals surface area (Å²) in [6.07, 6.45) is 4.67. The zero-order chi connectivity index (χ0) is 14.0. The number of nitrogens with zero attached hydrogens (tertiary/aromatic N) is 2. The van der Waals surface area contributed by atoms with Crippen molar-refractivity contribution in [1.29, 1.82) is 0 Å². The van der Waals surface area contributed by atoms with Gasteiger partial charge in [0, 0.05) is 31.7 Å². The molecule has 4 nitrogen and oxygen atoms in total. The highest BCUT2D eigenvalue weighted by molar-refractivity contribution is 5.83. The number of hydrogen-bond donors (Lipinski definition) is 1. The van der Waals surface area contributed by atoms with E-state index >= 15 is 0 Å². The smallest absolute Gasteiger partial charge is 0.230 e. The third-order valence-electron chi connectivity index (χ3n) is 5.20. The number of carbonyl (C=O) groups excluding carboxylic acids is 1. The summed E-state index contributed by atoms with van der Waals surface area (Å²) in [4.78, 5) is 17.5. The number of nitrogens with two attached hydrogens (primary N) is 1. The molecule has 2 rings (SSSR count). The first kappa shape index (κ1) is 14.8. The van der Waals surface area contributed by atoms with Crippen LogP contribution in [0.3, 0.4) is 0 Å². The van der Waals surface area contributed by atoms with Crippen molar-refractivity contribution in [2.24, 2.45) is 11.1 Å². The molecule has 0 saturated carbocycles. The third-order valence-corrected chi connectivity index (χ3v) is 5.20. The molecular formula is C15H29N3O. The maximum Gasteiger partial charge on any atom is 0.230 e. The molecule has 2 fully saturated rings. The fourth-order valence-electron chi connectivity index (χ4n) is 3.36. The van der Waals surface area contributed by atoms with Crippen molar-refractivity contribution in [3.8, 4) is 0 Å². The van der Waals surface area contributed by atoms with Crippen molar-refractivity contribution in [3.63, 3.8) is 0 Å². The van der Waals surface area contributed by atoms with Gasteiger partial charge in [0.25, 0.3) is 0 Å². The molecule has 2 N–H and O–H groups in total. The molecule has 2 aliphatic rings. The fourth-order valence-corrected chi connectivity index (χ4v) is 3.36. The van der Waals surface area contributed by atoms with Gasteiger partial charge in [-0.3, -0.25) is 9.69 Å².